The van der Waals surface area contributed by atoms with Gasteiger partial charge in [0.1, 0.15) is 5.25 Å². The van der Waals surface area contributed by atoms with E-state index in [0.717, 1.165) is 19.3 Å². The lowest BCUT2D eigenvalue weighted by Crippen LogP contribution is -2.48. The third kappa shape index (κ3) is 3.28. The molecule has 2 unspecified atom stereocenters. The predicted molar refractivity (Wildman–Crippen MR) is 72.4 cm³/mol. The Balaban J connectivity index is 1.97. The maximum atomic E-state index is 12.3. The summed E-state index contributed by atoms with van der Waals surface area (Å²) < 4.78 is 23.9. The van der Waals surface area contributed by atoms with Gasteiger partial charge >= 0.3 is 0 Å². The molecule has 0 aliphatic carbocycles. The van der Waals surface area contributed by atoms with Crippen LogP contribution in [0, 0.1) is 5.92 Å². The van der Waals surface area contributed by atoms with Crippen molar-refractivity contribution in [1.82, 2.24) is 4.90 Å². The highest BCUT2D eigenvalue weighted by molar-refractivity contribution is 7.92. The minimum atomic E-state index is -3.24. The molecule has 2 fully saturated rings. The topological polar surface area (TPSA) is 74.7 Å². The molecule has 0 saturated carbocycles. The summed E-state index contributed by atoms with van der Waals surface area (Å²) in [4.78, 5) is 14.0. The molecule has 0 radical (unpaired) electrons. The number of sulfone groups is 1. The molecule has 0 bridgehead atoms. The van der Waals surface area contributed by atoms with Gasteiger partial charge in [-0.05, 0) is 38.5 Å². The second-order valence-corrected chi connectivity index (χ2v) is 8.06. The van der Waals surface area contributed by atoms with Gasteiger partial charge in [0.05, 0.1) is 11.9 Å². The van der Waals surface area contributed by atoms with Crippen molar-refractivity contribution in [2.45, 2.75) is 50.4 Å². The summed E-state index contributed by atoms with van der Waals surface area (Å²) in [5.74, 6) is 0.156. The maximum Gasteiger partial charge on any atom is 0.240 e. The molecule has 1 amide bonds. The van der Waals surface area contributed by atoms with Gasteiger partial charge in [-0.3, -0.25) is 4.79 Å². The maximum absolute atomic E-state index is 12.3. The molecule has 19 heavy (non-hydrogen) atoms. The quantitative estimate of drug-likeness (QED) is 0.806. The van der Waals surface area contributed by atoms with Crippen molar-refractivity contribution in [3.05, 3.63) is 0 Å². The van der Waals surface area contributed by atoms with Gasteiger partial charge in [0.15, 0.2) is 9.84 Å². The van der Waals surface area contributed by atoms with Crippen LogP contribution in [0.25, 0.3) is 0 Å². The Morgan fingerprint density at radius 2 is 1.84 bits per heavy atom. The van der Waals surface area contributed by atoms with Crippen LogP contribution < -0.4 is 0 Å². The number of aliphatic hydroxyl groups is 1. The lowest BCUT2D eigenvalue weighted by Gasteiger charge is -2.35. The van der Waals surface area contributed by atoms with Crippen LogP contribution in [-0.2, 0) is 14.6 Å². The first-order valence-corrected chi connectivity index (χ1v) is 8.82. The van der Waals surface area contributed by atoms with Gasteiger partial charge in [0.25, 0.3) is 0 Å². The third-order valence-electron chi connectivity index (χ3n) is 4.39. The molecule has 2 atom stereocenters. The van der Waals surface area contributed by atoms with Crippen LogP contribution in [0.3, 0.4) is 0 Å². The Morgan fingerprint density at radius 1 is 1.21 bits per heavy atom. The van der Waals surface area contributed by atoms with Gasteiger partial charge in [0, 0.05) is 13.1 Å². The fourth-order valence-electron chi connectivity index (χ4n) is 3.04. The lowest BCUT2D eigenvalue weighted by molar-refractivity contribution is -0.132. The molecule has 2 aliphatic heterocycles. The van der Waals surface area contributed by atoms with E-state index in [1.807, 2.05) is 0 Å². The Bertz CT molecular complexity index is 424. The van der Waals surface area contributed by atoms with Gasteiger partial charge < -0.3 is 10.0 Å². The van der Waals surface area contributed by atoms with Gasteiger partial charge in [-0.25, -0.2) is 8.42 Å². The fourth-order valence-corrected chi connectivity index (χ4v) is 4.91. The molecule has 2 aliphatic rings. The van der Waals surface area contributed by atoms with Crippen LogP contribution in [0.2, 0.25) is 0 Å². The third-order valence-corrected chi connectivity index (χ3v) is 6.55. The summed E-state index contributed by atoms with van der Waals surface area (Å²) in [6.45, 7) is 2.91. The first-order chi connectivity index (χ1) is 8.92. The van der Waals surface area contributed by atoms with E-state index in [0.29, 0.717) is 25.9 Å². The van der Waals surface area contributed by atoms with Crippen molar-refractivity contribution >= 4 is 15.7 Å². The Morgan fingerprint density at radius 3 is 2.37 bits per heavy atom. The minimum absolute atomic E-state index is 0.146. The summed E-state index contributed by atoms with van der Waals surface area (Å²) >= 11 is 0. The number of rotatable bonds is 2. The largest absolute Gasteiger partial charge is 0.393 e. The normalized spacial score (nSPS) is 30.0. The summed E-state index contributed by atoms with van der Waals surface area (Å²) in [5, 5.41) is 8.72. The molecule has 5 nitrogen and oxygen atoms in total. The van der Waals surface area contributed by atoms with Crippen LogP contribution in [0.15, 0.2) is 0 Å². The van der Waals surface area contributed by atoms with Crippen LogP contribution >= 0.6 is 0 Å². The van der Waals surface area contributed by atoms with Crippen molar-refractivity contribution in [1.29, 1.82) is 0 Å². The molecule has 0 aromatic carbocycles. The first kappa shape index (κ1) is 14.8. The zero-order valence-corrected chi connectivity index (χ0v) is 12.2. The zero-order valence-electron chi connectivity index (χ0n) is 11.4. The number of amides is 1. The molecule has 0 aromatic rings. The summed E-state index contributed by atoms with van der Waals surface area (Å²) in [6, 6.07) is 0. The van der Waals surface area contributed by atoms with Crippen LogP contribution in [0.4, 0.5) is 0 Å². The lowest BCUT2D eigenvalue weighted by atomic mass is 9.92. The number of hydrogen-bond acceptors (Lipinski definition) is 4. The number of hydrogen-bond donors (Lipinski definition) is 1. The molecule has 0 spiro atoms. The minimum Gasteiger partial charge on any atom is -0.393 e. The van der Waals surface area contributed by atoms with Crippen molar-refractivity contribution in [2.75, 3.05) is 18.8 Å². The molecule has 2 heterocycles. The second kappa shape index (κ2) is 5.79. The van der Waals surface area contributed by atoms with Crippen molar-refractivity contribution in [3.63, 3.8) is 0 Å². The van der Waals surface area contributed by atoms with Crippen LogP contribution in [-0.4, -0.2) is 54.5 Å². The molecule has 2 rings (SSSR count). The molecule has 110 valence electrons. The first-order valence-electron chi connectivity index (χ1n) is 7.10. The summed E-state index contributed by atoms with van der Waals surface area (Å²) in [6.07, 6.45) is 3.13. The Kier molecular flexibility index (Phi) is 4.50. The number of piperidine rings is 1. The van der Waals surface area contributed by atoms with E-state index in [1.165, 1.54) is 0 Å². The standard InChI is InChI=1S/C13H23NO4S/c1-10(15)11-5-7-14(8-6-11)13(16)12-4-2-3-9-19(12,17)18/h10-12,15H,2-9H2,1H3. The van der Waals surface area contributed by atoms with E-state index < -0.39 is 15.1 Å². The molecule has 0 aromatic heterocycles. The van der Waals surface area contributed by atoms with Gasteiger partial charge in [-0.2, -0.15) is 0 Å². The molecular formula is C13H23NO4S. The number of likely N-dealkylation sites (tertiary alicyclic amines) is 1. The predicted octanol–water partition coefficient (Wildman–Crippen LogP) is 0.573. The highest BCUT2D eigenvalue weighted by atomic mass is 32.2. The number of aliphatic hydroxyl groups excluding tert-OH is 1. The molecule has 6 heteroatoms. The molecule has 1 N–H and O–H groups in total. The van der Waals surface area contributed by atoms with Gasteiger partial charge in [-0.15, -0.1) is 0 Å². The van der Waals surface area contributed by atoms with Gasteiger partial charge in [-0.1, -0.05) is 6.42 Å². The number of nitrogens with zero attached hydrogens (tertiary/aromatic N) is 1. The van der Waals surface area contributed by atoms with E-state index >= 15 is 0 Å². The number of carbonyl (C=O) groups is 1. The smallest absolute Gasteiger partial charge is 0.240 e. The van der Waals surface area contributed by atoms with Gasteiger partial charge in [0.2, 0.25) is 5.91 Å². The van der Waals surface area contributed by atoms with Crippen molar-refractivity contribution in [2.24, 2.45) is 5.92 Å². The Hall–Kier alpha value is -0.620. The van der Waals surface area contributed by atoms with E-state index in [1.54, 1.807) is 11.8 Å². The van der Waals surface area contributed by atoms with E-state index in [9.17, 15) is 18.3 Å². The number of carbonyl (C=O) groups excluding carboxylic acids is 1. The van der Waals surface area contributed by atoms with Crippen LogP contribution in [0.5, 0.6) is 0 Å². The van der Waals surface area contributed by atoms with E-state index in [4.69, 9.17) is 0 Å². The summed E-state index contributed by atoms with van der Waals surface area (Å²) in [5.41, 5.74) is 0. The fraction of sp³-hybridized carbons (Fsp3) is 0.923. The zero-order chi connectivity index (χ0) is 14.0. The average molecular weight is 289 g/mol. The highest BCUT2D eigenvalue weighted by Gasteiger charge is 2.38. The van der Waals surface area contributed by atoms with Crippen LogP contribution in [0.1, 0.15) is 39.0 Å². The van der Waals surface area contributed by atoms with E-state index in [2.05, 4.69) is 0 Å². The SMILES string of the molecule is CC(O)C1CCN(C(=O)C2CCCCS2(=O)=O)CC1. The van der Waals surface area contributed by atoms with Crippen molar-refractivity contribution < 1.29 is 18.3 Å². The average Bonchev–Trinajstić information content (AvgIpc) is 2.37. The second-order valence-electron chi connectivity index (χ2n) is 5.75. The molecule has 2 saturated heterocycles. The summed E-state index contributed by atoms with van der Waals surface area (Å²) in [7, 11) is -3.24. The van der Waals surface area contributed by atoms with E-state index in [-0.39, 0.29) is 23.7 Å². The monoisotopic (exact) mass is 289 g/mol. The van der Waals surface area contributed by atoms with Crippen molar-refractivity contribution in [3.8, 4) is 0 Å². The molecular weight excluding hydrogens is 266 g/mol. The highest BCUT2D eigenvalue weighted by Crippen LogP contribution is 2.25. The Labute approximate surface area is 114 Å².